The molecule has 3 unspecified atom stereocenters. The molecule has 6 heteroatoms. The van der Waals surface area contributed by atoms with Crippen molar-refractivity contribution < 1.29 is 4.79 Å². The highest BCUT2D eigenvalue weighted by molar-refractivity contribution is 5.98. The van der Waals surface area contributed by atoms with Crippen LogP contribution < -0.4 is 5.73 Å². The Morgan fingerprint density at radius 2 is 2.08 bits per heavy atom. The molecular formula is C18H23N5O. The number of rotatable bonds is 3. The number of nitrogens with zero attached hydrogens (tertiary/aromatic N) is 4. The van der Waals surface area contributed by atoms with Crippen molar-refractivity contribution in [2.45, 2.75) is 32.2 Å². The Bertz CT molecular complexity index is 742. The van der Waals surface area contributed by atoms with Crippen molar-refractivity contribution in [3.8, 4) is 5.69 Å². The van der Waals surface area contributed by atoms with Gasteiger partial charge in [0.25, 0.3) is 5.91 Å². The first-order chi connectivity index (χ1) is 11.7. The van der Waals surface area contributed by atoms with E-state index in [2.05, 4.69) is 10.2 Å². The molecular weight excluding hydrogens is 302 g/mol. The van der Waals surface area contributed by atoms with Crippen molar-refractivity contribution in [3.05, 3.63) is 41.7 Å². The van der Waals surface area contributed by atoms with E-state index in [9.17, 15) is 4.79 Å². The zero-order valence-electron chi connectivity index (χ0n) is 13.9. The fourth-order valence-electron chi connectivity index (χ4n) is 4.44. The molecule has 2 fully saturated rings. The number of carbonyl (C=O) groups excluding carboxylic acids is 1. The first-order valence-electron chi connectivity index (χ1n) is 8.67. The number of hydrogen-bond acceptors (Lipinski definition) is 4. The number of nitrogens with two attached hydrogens (primary N) is 1. The molecule has 1 aliphatic carbocycles. The second kappa shape index (κ2) is 6.02. The van der Waals surface area contributed by atoms with Crippen molar-refractivity contribution in [2.75, 3.05) is 13.1 Å². The molecule has 0 bridgehead atoms. The second-order valence-corrected chi connectivity index (χ2v) is 6.95. The van der Waals surface area contributed by atoms with Crippen LogP contribution in [0.2, 0.25) is 0 Å². The van der Waals surface area contributed by atoms with Crippen LogP contribution in [0.1, 0.15) is 35.2 Å². The lowest BCUT2D eigenvalue weighted by molar-refractivity contribution is 0.0718. The van der Waals surface area contributed by atoms with Gasteiger partial charge in [0.1, 0.15) is 0 Å². The van der Waals surface area contributed by atoms with Crippen molar-refractivity contribution in [1.29, 1.82) is 0 Å². The summed E-state index contributed by atoms with van der Waals surface area (Å²) in [6, 6.07) is 5.98. The van der Waals surface area contributed by atoms with Gasteiger partial charge in [-0.2, -0.15) is 15.0 Å². The molecule has 1 aliphatic heterocycles. The van der Waals surface area contributed by atoms with Crippen LogP contribution in [-0.4, -0.2) is 44.9 Å². The molecule has 2 aliphatic rings. The summed E-state index contributed by atoms with van der Waals surface area (Å²) in [5.41, 5.74) is 8.47. The van der Waals surface area contributed by atoms with Crippen LogP contribution in [0.3, 0.4) is 0 Å². The van der Waals surface area contributed by atoms with E-state index in [0.717, 1.165) is 17.8 Å². The van der Waals surface area contributed by atoms with Crippen molar-refractivity contribution in [3.63, 3.8) is 0 Å². The Kier molecular flexibility index (Phi) is 3.84. The summed E-state index contributed by atoms with van der Waals surface area (Å²) in [6.45, 7) is 3.36. The van der Waals surface area contributed by atoms with E-state index in [4.69, 9.17) is 5.73 Å². The number of aromatic nitrogens is 3. The SMILES string of the molecule is Cc1ccc(-n2nccn2)c(C(=O)N2CC3CCCC3C2CN)c1. The molecule has 6 nitrogen and oxygen atoms in total. The van der Waals surface area contributed by atoms with Crippen LogP contribution in [0.15, 0.2) is 30.6 Å². The van der Waals surface area contributed by atoms with Crippen molar-refractivity contribution in [2.24, 2.45) is 17.6 Å². The van der Waals surface area contributed by atoms with E-state index in [-0.39, 0.29) is 11.9 Å². The standard InChI is InChI=1S/C18H23N5O/c1-12-5-6-16(23-20-7-8-21-23)15(9-12)18(24)22-11-13-3-2-4-14(13)17(22)10-19/h5-9,13-14,17H,2-4,10-11,19H2,1H3. The van der Waals surface area contributed by atoms with E-state index < -0.39 is 0 Å². The zero-order chi connectivity index (χ0) is 16.7. The maximum atomic E-state index is 13.3. The van der Waals surface area contributed by atoms with Crippen molar-refractivity contribution >= 4 is 5.91 Å². The fraction of sp³-hybridized carbons (Fsp3) is 0.500. The van der Waals surface area contributed by atoms with E-state index in [1.54, 1.807) is 12.4 Å². The molecule has 24 heavy (non-hydrogen) atoms. The van der Waals surface area contributed by atoms with Crippen LogP contribution in [-0.2, 0) is 0 Å². The molecule has 1 amide bonds. The third-order valence-corrected chi connectivity index (χ3v) is 5.56. The Morgan fingerprint density at radius 1 is 1.29 bits per heavy atom. The van der Waals surface area contributed by atoms with Gasteiger partial charge in [0.05, 0.1) is 23.6 Å². The minimum atomic E-state index is 0.0517. The van der Waals surface area contributed by atoms with Gasteiger partial charge >= 0.3 is 0 Å². The minimum absolute atomic E-state index is 0.0517. The smallest absolute Gasteiger partial charge is 0.256 e. The minimum Gasteiger partial charge on any atom is -0.334 e. The summed E-state index contributed by atoms with van der Waals surface area (Å²) in [6.07, 6.45) is 6.92. The van der Waals surface area contributed by atoms with Crippen molar-refractivity contribution in [1.82, 2.24) is 19.9 Å². The van der Waals surface area contributed by atoms with Gasteiger partial charge in [-0.1, -0.05) is 18.1 Å². The molecule has 0 spiro atoms. The first kappa shape index (κ1) is 15.3. The van der Waals surface area contributed by atoms with Crippen LogP contribution in [0.4, 0.5) is 0 Å². The number of fused-ring (bicyclic) bond motifs is 1. The first-order valence-corrected chi connectivity index (χ1v) is 8.67. The Labute approximate surface area is 141 Å². The maximum Gasteiger partial charge on any atom is 0.256 e. The third kappa shape index (κ3) is 2.41. The molecule has 2 aromatic rings. The van der Waals surface area contributed by atoms with Crippen LogP contribution in [0, 0.1) is 18.8 Å². The van der Waals surface area contributed by atoms with Gasteiger partial charge in [0.15, 0.2) is 0 Å². The molecule has 0 radical (unpaired) electrons. The molecule has 1 saturated carbocycles. The topological polar surface area (TPSA) is 77.0 Å². The molecule has 1 saturated heterocycles. The Hall–Kier alpha value is -2.21. The van der Waals surface area contributed by atoms with E-state index in [1.807, 2.05) is 30.0 Å². The highest BCUT2D eigenvalue weighted by Gasteiger charge is 2.45. The normalized spacial score (nSPS) is 25.9. The lowest BCUT2D eigenvalue weighted by Crippen LogP contribution is -2.43. The molecule has 3 atom stereocenters. The van der Waals surface area contributed by atoms with Gasteiger partial charge in [0.2, 0.25) is 0 Å². The van der Waals surface area contributed by atoms with Crippen LogP contribution >= 0.6 is 0 Å². The number of aryl methyl sites for hydroxylation is 1. The number of carbonyl (C=O) groups is 1. The van der Waals surface area contributed by atoms with E-state index in [1.165, 1.54) is 24.1 Å². The molecule has 1 aromatic carbocycles. The predicted molar refractivity (Wildman–Crippen MR) is 90.8 cm³/mol. The molecule has 126 valence electrons. The molecule has 1 aromatic heterocycles. The number of benzene rings is 1. The lowest BCUT2D eigenvalue weighted by atomic mass is 9.94. The van der Waals surface area contributed by atoms with Gasteiger partial charge in [-0.15, -0.1) is 0 Å². The summed E-state index contributed by atoms with van der Waals surface area (Å²) in [4.78, 5) is 16.8. The van der Waals surface area contributed by atoms with Gasteiger partial charge < -0.3 is 10.6 Å². The summed E-state index contributed by atoms with van der Waals surface area (Å²) < 4.78 is 0. The average molecular weight is 325 g/mol. The highest BCUT2D eigenvalue weighted by Crippen LogP contribution is 2.42. The number of hydrogen-bond donors (Lipinski definition) is 1. The summed E-state index contributed by atoms with van der Waals surface area (Å²) in [5.74, 6) is 1.23. The fourth-order valence-corrected chi connectivity index (χ4v) is 4.44. The van der Waals surface area contributed by atoms with E-state index >= 15 is 0 Å². The number of likely N-dealkylation sites (tertiary alicyclic amines) is 1. The van der Waals surface area contributed by atoms with E-state index in [0.29, 0.717) is 23.9 Å². The number of amides is 1. The Morgan fingerprint density at radius 3 is 2.83 bits per heavy atom. The lowest BCUT2D eigenvalue weighted by Gasteiger charge is -2.27. The summed E-state index contributed by atoms with van der Waals surface area (Å²) >= 11 is 0. The van der Waals surface area contributed by atoms with Gasteiger partial charge in [-0.25, -0.2) is 0 Å². The third-order valence-electron chi connectivity index (χ3n) is 5.56. The largest absolute Gasteiger partial charge is 0.334 e. The Balaban J connectivity index is 1.71. The summed E-state index contributed by atoms with van der Waals surface area (Å²) in [7, 11) is 0. The molecule has 2 N–H and O–H groups in total. The molecule has 2 heterocycles. The van der Waals surface area contributed by atoms with Crippen LogP contribution in [0.5, 0.6) is 0 Å². The van der Waals surface area contributed by atoms with Gasteiger partial charge in [-0.05, 0) is 43.7 Å². The quantitative estimate of drug-likeness (QED) is 0.933. The second-order valence-electron chi connectivity index (χ2n) is 6.95. The van der Waals surface area contributed by atoms with Gasteiger partial charge in [0, 0.05) is 19.1 Å². The summed E-state index contributed by atoms with van der Waals surface area (Å²) in [5, 5.41) is 8.38. The molecule has 4 rings (SSSR count). The monoisotopic (exact) mass is 325 g/mol. The van der Waals surface area contributed by atoms with Crippen LogP contribution in [0.25, 0.3) is 5.69 Å². The predicted octanol–water partition coefficient (Wildman–Crippen LogP) is 1.78. The van der Waals surface area contributed by atoms with Gasteiger partial charge in [-0.3, -0.25) is 4.79 Å². The maximum absolute atomic E-state index is 13.3. The highest BCUT2D eigenvalue weighted by atomic mass is 16.2. The zero-order valence-corrected chi connectivity index (χ0v) is 13.9. The average Bonchev–Trinajstić information content (AvgIpc) is 3.30.